The summed E-state index contributed by atoms with van der Waals surface area (Å²) in [4.78, 5) is 11.2. The topological polar surface area (TPSA) is 37.3 Å². The molecule has 1 aromatic rings. The molecule has 1 N–H and O–H groups in total. The van der Waals surface area contributed by atoms with E-state index in [1.807, 2.05) is 0 Å². The van der Waals surface area contributed by atoms with Crippen molar-refractivity contribution in [2.45, 2.75) is 11.8 Å². The SMILES string of the molecule is C=CC1CC1(C(=O)O)c1cc(F)ccc1F. The molecule has 1 saturated carbocycles. The van der Waals surface area contributed by atoms with Crippen molar-refractivity contribution >= 4 is 5.97 Å². The summed E-state index contributed by atoms with van der Waals surface area (Å²) in [5.41, 5.74) is -1.42. The molecule has 0 radical (unpaired) electrons. The molecule has 4 heteroatoms. The second-order valence-electron chi connectivity index (χ2n) is 3.95. The maximum atomic E-state index is 13.5. The molecule has 2 rings (SSSR count). The normalized spacial score (nSPS) is 27.5. The highest BCUT2D eigenvalue weighted by Gasteiger charge is 2.61. The number of allylic oxidation sites excluding steroid dienone is 1. The van der Waals surface area contributed by atoms with Gasteiger partial charge in [-0.05, 0) is 30.5 Å². The molecule has 2 nitrogen and oxygen atoms in total. The zero-order valence-corrected chi connectivity index (χ0v) is 8.41. The van der Waals surface area contributed by atoms with Gasteiger partial charge >= 0.3 is 5.97 Å². The molecule has 0 aromatic heterocycles. The average molecular weight is 224 g/mol. The first kappa shape index (κ1) is 10.8. The molecule has 1 fully saturated rings. The molecular formula is C12H10F2O2. The summed E-state index contributed by atoms with van der Waals surface area (Å²) < 4.78 is 26.5. The number of carboxylic acid groups (broad SMARTS) is 1. The first-order valence-corrected chi connectivity index (χ1v) is 4.84. The number of benzene rings is 1. The number of halogens is 2. The highest BCUT2D eigenvalue weighted by atomic mass is 19.1. The van der Waals surface area contributed by atoms with Crippen LogP contribution in [-0.4, -0.2) is 11.1 Å². The van der Waals surface area contributed by atoms with Crippen LogP contribution < -0.4 is 0 Å². The standard InChI is InChI=1S/C12H10F2O2/c1-2-7-6-12(7,11(15)16)9-5-8(13)3-4-10(9)14/h2-5,7H,1,6H2,(H,15,16). The Morgan fingerprint density at radius 1 is 1.56 bits per heavy atom. The van der Waals surface area contributed by atoms with Gasteiger partial charge < -0.3 is 5.11 Å². The molecule has 2 atom stereocenters. The minimum atomic E-state index is -1.33. The van der Waals surface area contributed by atoms with Gasteiger partial charge in [-0.25, -0.2) is 8.78 Å². The van der Waals surface area contributed by atoms with Gasteiger partial charge in [0.25, 0.3) is 0 Å². The highest BCUT2D eigenvalue weighted by molar-refractivity contribution is 5.86. The van der Waals surface area contributed by atoms with Crippen molar-refractivity contribution in [1.29, 1.82) is 0 Å². The zero-order chi connectivity index (χ0) is 11.9. The van der Waals surface area contributed by atoms with E-state index in [0.29, 0.717) is 0 Å². The van der Waals surface area contributed by atoms with Crippen LogP contribution >= 0.6 is 0 Å². The fourth-order valence-corrected chi connectivity index (χ4v) is 2.08. The molecule has 1 aliphatic carbocycles. The predicted octanol–water partition coefficient (Wildman–Crippen LogP) is 2.49. The van der Waals surface area contributed by atoms with Crippen molar-refractivity contribution in [3.63, 3.8) is 0 Å². The summed E-state index contributed by atoms with van der Waals surface area (Å²) in [6, 6.07) is 2.88. The fourth-order valence-electron chi connectivity index (χ4n) is 2.08. The lowest BCUT2D eigenvalue weighted by Crippen LogP contribution is -2.23. The van der Waals surface area contributed by atoms with E-state index in [4.69, 9.17) is 5.11 Å². The first-order chi connectivity index (χ1) is 7.52. The van der Waals surface area contributed by atoms with Crippen molar-refractivity contribution in [2.75, 3.05) is 0 Å². The van der Waals surface area contributed by atoms with Crippen LogP contribution in [0.25, 0.3) is 0 Å². The van der Waals surface area contributed by atoms with E-state index in [2.05, 4.69) is 6.58 Å². The van der Waals surface area contributed by atoms with Crippen LogP contribution in [0.1, 0.15) is 12.0 Å². The molecule has 0 saturated heterocycles. The second kappa shape index (κ2) is 3.40. The Morgan fingerprint density at radius 3 is 2.75 bits per heavy atom. The number of carboxylic acids is 1. The Bertz CT molecular complexity index is 470. The summed E-state index contributed by atoms with van der Waals surface area (Å²) in [6.45, 7) is 3.50. The van der Waals surface area contributed by atoms with Crippen molar-refractivity contribution < 1.29 is 18.7 Å². The number of carbonyl (C=O) groups is 1. The van der Waals surface area contributed by atoms with Crippen LogP contribution in [0.3, 0.4) is 0 Å². The van der Waals surface area contributed by atoms with Gasteiger partial charge in [-0.15, -0.1) is 6.58 Å². The molecular weight excluding hydrogens is 214 g/mol. The number of aliphatic carboxylic acids is 1. The molecule has 0 amide bonds. The first-order valence-electron chi connectivity index (χ1n) is 4.84. The molecule has 84 valence electrons. The third-order valence-corrected chi connectivity index (χ3v) is 3.09. The molecule has 1 aromatic carbocycles. The number of rotatable bonds is 3. The summed E-state index contributed by atoms with van der Waals surface area (Å²) in [5.74, 6) is -2.79. The van der Waals surface area contributed by atoms with Gasteiger partial charge in [0.05, 0.1) is 0 Å². The van der Waals surface area contributed by atoms with E-state index in [1.165, 1.54) is 6.08 Å². The molecule has 2 unspecified atom stereocenters. The highest BCUT2D eigenvalue weighted by Crippen LogP contribution is 2.55. The monoisotopic (exact) mass is 224 g/mol. The Hall–Kier alpha value is -1.71. The van der Waals surface area contributed by atoms with Gasteiger partial charge in [-0.1, -0.05) is 6.08 Å². The smallest absolute Gasteiger partial charge is 0.314 e. The van der Waals surface area contributed by atoms with Gasteiger partial charge in [-0.3, -0.25) is 4.79 Å². The molecule has 0 bridgehead atoms. The van der Waals surface area contributed by atoms with Crippen molar-refractivity contribution in [3.8, 4) is 0 Å². The van der Waals surface area contributed by atoms with E-state index < -0.39 is 23.0 Å². The number of hydrogen-bond donors (Lipinski definition) is 1. The lowest BCUT2D eigenvalue weighted by molar-refractivity contribution is -0.140. The Kier molecular flexibility index (Phi) is 2.30. The lowest BCUT2D eigenvalue weighted by Gasteiger charge is -2.12. The van der Waals surface area contributed by atoms with Gasteiger partial charge in [0.1, 0.15) is 17.0 Å². The van der Waals surface area contributed by atoms with E-state index in [1.54, 1.807) is 0 Å². The predicted molar refractivity (Wildman–Crippen MR) is 54.0 cm³/mol. The van der Waals surface area contributed by atoms with Crippen LogP contribution in [0.15, 0.2) is 30.9 Å². The summed E-state index contributed by atoms with van der Waals surface area (Å²) in [6.07, 6.45) is 1.74. The van der Waals surface area contributed by atoms with Gasteiger partial charge in [0, 0.05) is 5.56 Å². The third-order valence-electron chi connectivity index (χ3n) is 3.09. The zero-order valence-electron chi connectivity index (χ0n) is 8.41. The minimum absolute atomic E-state index is 0.0927. The van der Waals surface area contributed by atoms with Crippen molar-refractivity contribution in [3.05, 3.63) is 48.1 Å². The van der Waals surface area contributed by atoms with Crippen molar-refractivity contribution in [1.82, 2.24) is 0 Å². The van der Waals surface area contributed by atoms with E-state index >= 15 is 0 Å². The Labute approximate surface area is 91.2 Å². The maximum Gasteiger partial charge on any atom is 0.314 e. The van der Waals surface area contributed by atoms with Gasteiger partial charge in [0.15, 0.2) is 0 Å². The number of hydrogen-bond acceptors (Lipinski definition) is 1. The maximum absolute atomic E-state index is 13.5. The molecule has 0 spiro atoms. The van der Waals surface area contributed by atoms with E-state index in [-0.39, 0.29) is 17.9 Å². The second-order valence-corrected chi connectivity index (χ2v) is 3.95. The van der Waals surface area contributed by atoms with Gasteiger partial charge in [0.2, 0.25) is 0 Å². The van der Waals surface area contributed by atoms with Crippen molar-refractivity contribution in [2.24, 2.45) is 5.92 Å². The van der Waals surface area contributed by atoms with E-state index in [9.17, 15) is 13.6 Å². The minimum Gasteiger partial charge on any atom is -0.481 e. The molecule has 0 heterocycles. The largest absolute Gasteiger partial charge is 0.481 e. The molecule has 1 aliphatic rings. The van der Waals surface area contributed by atoms with Crippen LogP contribution in [0, 0.1) is 17.6 Å². The summed E-state index contributed by atoms with van der Waals surface area (Å²) in [5, 5.41) is 9.14. The van der Waals surface area contributed by atoms with Crippen LogP contribution in [0.5, 0.6) is 0 Å². The third kappa shape index (κ3) is 1.33. The average Bonchev–Trinajstić information content (AvgIpc) is 2.97. The quantitative estimate of drug-likeness (QED) is 0.801. The Morgan fingerprint density at radius 2 is 2.25 bits per heavy atom. The molecule has 0 aliphatic heterocycles. The van der Waals surface area contributed by atoms with Crippen LogP contribution in [0.2, 0.25) is 0 Å². The lowest BCUT2D eigenvalue weighted by atomic mass is 9.92. The molecule has 16 heavy (non-hydrogen) atoms. The fraction of sp³-hybridized carbons (Fsp3) is 0.250. The van der Waals surface area contributed by atoms with E-state index in [0.717, 1.165) is 18.2 Å². The van der Waals surface area contributed by atoms with Gasteiger partial charge in [-0.2, -0.15) is 0 Å². The summed E-state index contributed by atoms with van der Waals surface area (Å²) in [7, 11) is 0. The Balaban J connectivity index is 2.54. The summed E-state index contributed by atoms with van der Waals surface area (Å²) >= 11 is 0. The van der Waals surface area contributed by atoms with Crippen LogP contribution in [-0.2, 0) is 10.2 Å². The van der Waals surface area contributed by atoms with Crippen LogP contribution in [0.4, 0.5) is 8.78 Å².